The number of halogens is 2. The Morgan fingerprint density at radius 3 is 2.61 bits per heavy atom. The van der Waals surface area contributed by atoms with Crippen LogP contribution in [0.2, 0.25) is 0 Å². The van der Waals surface area contributed by atoms with Crippen molar-refractivity contribution in [3.05, 3.63) is 11.6 Å². The summed E-state index contributed by atoms with van der Waals surface area (Å²) in [5, 5.41) is 0. The molecular weight excluding hydrogens is 479 g/mol. The molecule has 0 saturated heterocycles. The second-order valence-corrected chi connectivity index (χ2v) is 14.2. The summed E-state index contributed by atoms with van der Waals surface area (Å²) in [6.45, 7) is 12.5. The van der Waals surface area contributed by atoms with E-state index >= 15 is 0 Å². The molecule has 5 unspecified atom stereocenters. The molecule has 0 amide bonds. The molecule has 0 aromatic carbocycles. The normalized spacial score (nSPS) is 43.7. The third kappa shape index (κ3) is 4.85. The number of hydrogen-bond acceptors (Lipinski definition) is 2. The number of alkyl halides is 2. The zero-order valence-electron chi connectivity index (χ0n) is 21.8. The molecule has 3 saturated carbocycles. The Bertz CT molecular complexity index is 772. The SMILES string of the molecule is CC(=O)OC1CC[C@@]2(C)C(=CC(Br)C3C2CC[C@@]2(C)C3CC[C@@H]2[C@H](C)CCCC(C)(C)F)C1. The van der Waals surface area contributed by atoms with Crippen LogP contribution in [0.3, 0.4) is 0 Å². The summed E-state index contributed by atoms with van der Waals surface area (Å²) in [6, 6.07) is 0. The lowest BCUT2D eigenvalue weighted by Crippen LogP contribution is -2.54. The van der Waals surface area contributed by atoms with Gasteiger partial charge in [0.1, 0.15) is 11.8 Å². The molecule has 33 heavy (non-hydrogen) atoms. The van der Waals surface area contributed by atoms with Gasteiger partial charge in [-0.1, -0.05) is 61.2 Å². The standard InChI is InChI=1S/C29H46BrFO2/c1-18(8-7-13-27(3,4)31)22-9-10-23-26-24(12-15-29(22,23)6)28(5)14-11-21(33-19(2)32)16-20(28)17-25(26)30/h17-18,21-26H,7-16H2,1-6H3/t18-,21?,22-,23?,24?,25?,26?,28+,29-/m1/s1. The van der Waals surface area contributed by atoms with Crippen LogP contribution in [-0.4, -0.2) is 22.6 Å². The van der Waals surface area contributed by atoms with Gasteiger partial charge in [0, 0.05) is 18.2 Å². The first-order valence-electron chi connectivity index (χ1n) is 13.6. The van der Waals surface area contributed by atoms with E-state index in [1.807, 2.05) is 0 Å². The smallest absolute Gasteiger partial charge is 0.302 e. The first-order chi connectivity index (χ1) is 15.3. The lowest BCUT2D eigenvalue weighted by molar-refractivity contribution is -0.148. The molecule has 0 heterocycles. The van der Waals surface area contributed by atoms with Crippen LogP contribution < -0.4 is 0 Å². The molecule has 0 radical (unpaired) electrons. The van der Waals surface area contributed by atoms with Crippen LogP contribution in [0.1, 0.15) is 106 Å². The summed E-state index contributed by atoms with van der Waals surface area (Å²) in [7, 11) is 0. The van der Waals surface area contributed by atoms with Crippen molar-refractivity contribution in [1.29, 1.82) is 0 Å². The average molecular weight is 526 g/mol. The summed E-state index contributed by atoms with van der Waals surface area (Å²) >= 11 is 4.14. The quantitative estimate of drug-likeness (QED) is 0.198. The average Bonchev–Trinajstić information content (AvgIpc) is 3.05. The molecule has 4 aliphatic rings. The van der Waals surface area contributed by atoms with Gasteiger partial charge in [-0.25, -0.2) is 4.39 Å². The van der Waals surface area contributed by atoms with Gasteiger partial charge in [-0.2, -0.15) is 0 Å². The first-order valence-corrected chi connectivity index (χ1v) is 14.5. The summed E-state index contributed by atoms with van der Waals surface area (Å²) in [5.74, 6) is 3.49. The topological polar surface area (TPSA) is 26.3 Å². The predicted octanol–water partition coefficient (Wildman–Crippen LogP) is 8.43. The lowest BCUT2D eigenvalue weighted by atomic mass is 9.47. The molecular formula is C29H46BrFO2. The van der Waals surface area contributed by atoms with Gasteiger partial charge in [0.25, 0.3) is 0 Å². The summed E-state index contributed by atoms with van der Waals surface area (Å²) in [5.41, 5.74) is 1.15. The van der Waals surface area contributed by atoms with E-state index in [2.05, 4.69) is 42.8 Å². The van der Waals surface area contributed by atoms with E-state index in [4.69, 9.17) is 4.74 Å². The first kappa shape index (κ1) is 25.7. The highest BCUT2D eigenvalue weighted by Crippen LogP contribution is 2.68. The van der Waals surface area contributed by atoms with E-state index in [9.17, 15) is 9.18 Å². The predicted molar refractivity (Wildman–Crippen MR) is 137 cm³/mol. The van der Waals surface area contributed by atoms with Crippen LogP contribution in [0, 0.1) is 40.4 Å². The molecule has 0 aliphatic heterocycles. The highest BCUT2D eigenvalue weighted by atomic mass is 79.9. The largest absolute Gasteiger partial charge is 0.462 e. The molecule has 9 atom stereocenters. The Labute approximate surface area is 210 Å². The lowest BCUT2D eigenvalue weighted by Gasteiger charge is -2.59. The van der Waals surface area contributed by atoms with Gasteiger partial charge in [0.2, 0.25) is 0 Å². The summed E-state index contributed by atoms with van der Waals surface area (Å²) in [4.78, 5) is 12.0. The monoisotopic (exact) mass is 524 g/mol. The number of ether oxygens (including phenoxy) is 1. The fourth-order valence-electron chi connectivity index (χ4n) is 8.93. The van der Waals surface area contributed by atoms with Crippen LogP contribution in [0.4, 0.5) is 4.39 Å². The van der Waals surface area contributed by atoms with Crippen molar-refractivity contribution in [2.75, 3.05) is 0 Å². The van der Waals surface area contributed by atoms with Crippen LogP contribution in [0.25, 0.3) is 0 Å². The molecule has 4 aliphatic carbocycles. The van der Waals surface area contributed by atoms with Crippen LogP contribution in [-0.2, 0) is 9.53 Å². The van der Waals surface area contributed by atoms with Crippen molar-refractivity contribution >= 4 is 21.9 Å². The maximum absolute atomic E-state index is 14.0. The minimum absolute atomic E-state index is 0.0536. The number of hydrogen-bond donors (Lipinski definition) is 0. The van der Waals surface area contributed by atoms with Gasteiger partial charge in [0.05, 0.1) is 0 Å². The third-order valence-corrected chi connectivity index (χ3v) is 11.4. The van der Waals surface area contributed by atoms with Crippen molar-refractivity contribution in [2.45, 2.75) is 122 Å². The van der Waals surface area contributed by atoms with Crippen molar-refractivity contribution in [3.8, 4) is 0 Å². The van der Waals surface area contributed by atoms with Crippen LogP contribution >= 0.6 is 15.9 Å². The Hall–Kier alpha value is -0.380. The molecule has 3 fully saturated rings. The summed E-state index contributed by atoms with van der Waals surface area (Å²) < 4.78 is 19.6. The molecule has 0 aromatic heterocycles. The van der Waals surface area contributed by atoms with E-state index in [-0.39, 0.29) is 17.5 Å². The van der Waals surface area contributed by atoms with E-state index in [1.54, 1.807) is 13.8 Å². The minimum atomic E-state index is -1.04. The third-order valence-electron chi connectivity index (χ3n) is 10.6. The van der Waals surface area contributed by atoms with Gasteiger partial charge in [-0.15, -0.1) is 0 Å². The highest BCUT2D eigenvalue weighted by molar-refractivity contribution is 9.09. The zero-order valence-corrected chi connectivity index (χ0v) is 23.3. The van der Waals surface area contributed by atoms with E-state index < -0.39 is 5.67 Å². The molecule has 4 heteroatoms. The summed E-state index contributed by atoms with van der Waals surface area (Å²) in [6.07, 6.45) is 13.8. The number of carbonyl (C=O) groups excluding carboxylic acids is 1. The number of fused-ring (bicyclic) bond motifs is 5. The maximum Gasteiger partial charge on any atom is 0.302 e. The van der Waals surface area contributed by atoms with Gasteiger partial charge >= 0.3 is 5.97 Å². The zero-order chi connectivity index (χ0) is 24.2. The Balaban J connectivity index is 1.50. The number of allylic oxidation sites excluding steroid dienone is 1. The van der Waals surface area contributed by atoms with Crippen molar-refractivity contribution < 1.29 is 13.9 Å². The number of carbonyl (C=O) groups is 1. The van der Waals surface area contributed by atoms with Gasteiger partial charge in [0.15, 0.2) is 0 Å². The van der Waals surface area contributed by atoms with Gasteiger partial charge in [-0.3, -0.25) is 4.79 Å². The van der Waals surface area contributed by atoms with Gasteiger partial charge in [-0.05, 0) is 99.2 Å². The Morgan fingerprint density at radius 1 is 1.21 bits per heavy atom. The van der Waals surface area contributed by atoms with E-state index in [0.29, 0.717) is 28.5 Å². The van der Waals surface area contributed by atoms with Crippen molar-refractivity contribution in [3.63, 3.8) is 0 Å². The van der Waals surface area contributed by atoms with E-state index in [1.165, 1.54) is 38.2 Å². The van der Waals surface area contributed by atoms with Crippen LogP contribution in [0.5, 0.6) is 0 Å². The highest BCUT2D eigenvalue weighted by Gasteiger charge is 2.61. The van der Waals surface area contributed by atoms with E-state index in [0.717, 1.165) is 49.9 Å². The minimum Gasteiger partial charge on any atom is -0.462 e. The number of rotatable bonds is 6. The van der Waals surface area contributed by atoms with Gasteiger partial charge < -0.3 is 4.74 Å². The molecule has 0 aromatic rings. The molecule has 0 spiro atoms. The molecule has 0 bridgehead atoms. The number of esters is 1. The van der Waals surface area contributed by atoms with Crippen LogP contribution in [0.15, 0.2) is 11.6 Å². The fraction of sp³-hybridized carbons (Fsp3) is 0.897. The molecule has 188 valence electrons. The Kier molecular flexibility index (Phi) is 7.20. The molecule has 2 nitrogen and oxygen atoms in total. The fourth-order valence-corrected chi connectivity index (χ4v) is 9.98. The second kappa shape index (κ2) is 9.25. The second-order valence-electron chi connectivity index (χ2n) is 13.1. The van der Waals surface area contributed by atoms with Crippen molar-refractivity contribution in [1.82, 2.24) is 0 Å². The maximum atomic E-state index is 14.0. The molecule has 0 N–H and O–H groups in total. The Morgan fingerprint density at radius 2 is 1.94 bits per heavy atom. The molecule has 4 rings (SSSR count). The van der Waals surface area contributed by atoms with Crippen molar-refractivity contribution in [2.24, 2.45) is 40.4 Å².